The van der Waals surface area contributed by atoms with E-state index in [4.69, 9.17) is 0 Å². The Morgan fingerprint density at radius 1 is 0.889 bits per heavy atom. The minimum absolute atomic E-state index is 0.339. The van der Waals surface area contributed by atoms with Crippen LogP contribution in [-0.4, -0.2) is 24.0 Å². The fourth-order valence-electron chi connectivity index (χ4n) is 2.67. The molecule has 0 bridgehead atoms. The van der Waals surface area contributed by atoms with E-state index in [1.807, 2.05) is 24.3 Å². The summed E-state index contributed by atoms with van der Waals surface area (Å²) in [6, 6.07) is 14.6. The van der Waals surface area contributed by atoms with Crippen molar-refractivity contribution in [1.29, 1.82) is 0 Å². The molecule has 0 radical (unpaired) electrons. The molecular formula is C21H16N2O4. The average Bonchev–Trinajstić information content (AvgIpc) is 3.01. The lowest BCUT2D eigenvalue weighted by Gasteiger charge is -2.14. The second-order valence-corrected chi connectivity index (χ2v) is 5.87. The zero-order valence-corrected chi connectivity index (χ0v) is 14.3. The summed E-state index contributed by atoms with van der Waals surface area (Å²) in [5.74, 6) is -1.05. The molecule has 0 saturated carbocycles. The molecule has 1 aliphatic heterocycles. The Kier molecular flexibility index (Phi) is 5.37. The van der Waals surface area contributed by atoms with Crippen LogP contribution in [0.1, 0.15) is 11.1 Å². The Morgan fingerprint density at radius 2 is 1.44 bits per heavy atom. The average molecular weight is 360 g/mol. The van der Waals surface area contributed by atoms with Crippen LogP contribution in [0.25, 0.3) is 0 Å². The van der Waals surface area contributed by atoms with Crippen LogP contribution in [0.2, 0.25) is 0 Å². The van der Waals surface area contributed by atoms with Crippen molar-refractivity contribution in [2.24, 2.45) is 0 Å². The van der Waals surface area contributed by atoms with E-state index in [-0.39, 0.29) is 17.7 Å². The van der Waals surface area contributed by atoms with Crippen LogP contribution in [0.4, 0.5) is 11.4 Å². The summed E-state index contributed by atoms with van der Waals surface area (Å²) >= 11 is 0. The van der Waals surface area contributed by atoms with Gasteiger partial charge in [-0.1, -0.05) is 24.3 Å². The number of allylic oxidation sites excluding steroid dienone is 1. The molecule has 0 saturated heterocycles. The van der Waals surface area contributed by atoms with Gasteiger partial charge in [-0.25, -0.2) is 4.90 Å². The number of anilines is 2. The van der Waals surface area contributed by atoms with Gasteiger partial charge in [-0.05, 0) is 47.9 Å². The third kappa shape index (κ3) is 4.43. The number of hydrogen-bond acceptors (Lipinski definition) is 4. The maximum absolute atomic E-state index is 11.7. The van der Waals surface area contributed by atoms with Crippen molar-refractivity contribution in [3.05, 3.63) is 84.0 Å². The maximum Gasteiger partial charge on any atom is 0.258 e. The third-order valence-electron chi connectivity index (χ3n) is 3.96. The van der Waals surface area contributed by atoms with Gasteiger partial charge in [-0.15, -0.1) is 0 Å². The van der Waals surface area contributed by atoms with Crippen molar-refractivity contribution in [1.82, 2.24) is 0 Å². The van der Waals surface area contributed by atoms with Crippen LogP contribution in [0, 0.1) is 0 Å². The summed E-state index contributed by atoms with van der Waals surface area (Å²) in [4.78, 5) is 46.2. The van der Waals surface area contributed by atoms with Crippen LogP contribution >= 0.6 is 0 Å². The highest BCUT2D eigenvalue weighted by atomic mass is 16.2. The number of benzene rings is 2. The summed E-state index contributed by atoms with van der Waals surface area (Å²) in [7, 11) is 0. The van der Waals surface area contributed by atoms with E-state index in [0.717, 1.165) is 28.2 Å². The van der Waals surface area contributed by atoms with E-state index in [1.165, 1.54) is 12.2 Å². The summed E-state index contributed by atoms with van der Waals surface area (Å²) in [5.41, 5.74) is 3.24. The topological polar surface area (TPSA) is 83.6 Å². The highest BCUT2D eigenvalue weighted by Crippen LogP contribution is 2.21. The first-order chi connectivity index (χ1) is 13.1. The lowest BCUT2D eigenvalue weighted by molar-refractivity contribution is -0.120. The smallest absolute Gasteiger partial charge is 0.258 e. The predicted molar refractivity (Wildman–Crippen MR) is 101 cm³/mol. The molecule has 3 amide bonds. The van der Waals surface area contributed by atoms with Crippen molar-refractivity contribution in [2.45, 2.75) is 6.42 Å². The lowest BCUT2D eigenvalue weighted by Crippen LogP contribution is -2.29. The first-order valence-electron chi connectivity index (χ1n) is 8.23. The van der Waals surface area contributed by atoms with E-state index in [0.29, 0.717) is 24.1 Å². The van der Waals surface area contributed by atoms with Crippen LogP contribution in [0.5, 0.6) is 0 Å². The minimum Gasteiger partial charge on any atom is -0.323 e. The summed E-state index contributed by atoms with van der Waals surface area (Å²) in [5, 5.41) is 2.65. The number of nitrogens with one attached hydrogen (secondary N) is 1. The number of nitrogens with zero attached hydrogens (tertiary/aromatic N) is 1. The predicted octanol–water partition coefficient (Wildman–Crippen LogP) is 2.40. The van der Waals surface area contributed by atoms with Crippen molar-refractivity contribution in [3.8, 4) is 0 Å². The number of rotatable bonds is 6. The molecule has 1 heterocycles. The molecule has 0 spiro atoms. The molecule has 134 valence electrons. The number of carbonyl (C=O) groups is 4. The fraction of sp³-hybridized carbons (Fsp3) is 0.0476. The van der Waals surface area contributed by atoms with E-state index in [2.05, 4.69) is 5.32 Å². The van der Waals surface area contributed by atoms with Gasteiger partial charge >= 0.3 is 0 Å². The van der Waals surface area contributed by atoms with E-state index < -0.39 is 0 Å². The van der Waals surface area contributed by atoms with Crippen LogP contribution in [-0.2, 0) is 25.6 Å². The van der Waals surface area contributed by atoms with Crippen molar-refractivity contribution >= 4 is 35.4 Å². The maximum atomic E-state index is 11.7. The second-order valence-electron chi connectivity index (χ2n) is 5.87. The van der Waals surface area contributed by atoms with Gasteiger partial charge < -0.3 is 5.32 Å². The first kappa shape index (κ1) is 18.0. The SMILES string of the molecule is O=C/C=C\C(=O)Nc1ccc(Cc2ccc(N3C(=O)C=CC3=O)cc2)cc1. The Hall–Kier alpha value is -3.80. The molecule has 27 heavy (non-hydrogen) atoms. The second kappa shape index (κ2) is 8.05. The fourth-order valence-corrected chi connectivity index (χ4v) is 2.67. The zero-order chi connectivity index (χ0) is 19.2. The molecule has 0 aromatic heterocycles. The molecule has 6 nitrogen and oxygen atoms in total. The lowest BCUT2D eigenvalue weighted by atomic mass is 10.0. The first-order valence-corrected chi connectivity index (χ1v) is 8.23. The van der Waals surface area contributed by atoms with Gasteiger partial charge in [0, 0.05) is 23.9 Å². The molecule has 2 aromatic rings. The number of imide groups is 1. The molecule has 6 heteroatoms. The molecule has 2 aromatic carbocycles. The molecule has 3 rings (SSSR count). The molecule has 0 aliphatic carbocycles. The van der Waals surface area contributed by atoms with E-state index >= 15 is 0 Å². The molecule has 1 N–H and O–H groups in total. The highest BCUT2D eigenvalue weighted by molar-refractivity contribution is 6.28. The van der Waals surface area contributed by atoms with Gasteiger partial charge in [0.05, 0.1) is 5.69 Å². The van der Waals surface area contributed by atoms with Gasteiger partial charge in [-0.2, -0.15) is 0 Å². The zero-order valence-electron chi connectivity index (χ0n) is 14.3. The molecule has 0 fully saturated rings. The highest BCUT2D eigenvalue weighted by Gasteiger charge is 2.24. The molecule has 0 unspecified atom stereocenters. The van der Waals surface area contributed by atoms with Gasteiger partial charge in [0.15, 0.2) is 0 Å². The van der Waals surface area contributed by atoms with E-state index in [9.17, 15) is 19.2 Å². The van der Waals surface area contributed by atoms with Gasteiger partial charge in [-0.3, -0.25) is 19.2 Å². The molecular weight excluding hydrogens is 344 g/mol. The van der Waals surface area contributed by atoms with Crippen molar-refractivity contribution in [2.75, 3.05) is 10.2 Å². The monoisotopic (exact) mass is 360 g/mol. The van der Waals surface area contributed by atoms with Crippen LogP contribution < -0.4 is 10.2 Å². The number of amides is 3. The number of hydrogen-bond donors (Lipinski definition) is 1. The van der Waals surface area contributed by atoms with Gasteiger partial charge in [0.1, 0.15) is 6.29 Å². The van der Waals surface area contributed by atoms with Crippen molar-refractivity contribution in [3.63, 3.8) is 0 Å². The normalized spacial score (nSPS) is 13.4. The Balaban J connectivity index is 1.63. The van der Waals surface area contributed by atoms with Crippen LogP contribution in [0.15, 0.2) is 72.8 Å². The largest absolute Gasteiger partial charge is 0.323 e. The summed E-state index contributed by atoms with van der Waals surface area (Å²) < 4.78 is 0. The Bertz CT molecular complexity index is 923. The number of carbonyl (C=O) groups excluding carboxylic acids is 4. The van der Waals surface area contributed by atoms with Crippen molar-refractivity contribution < 1.29 is 19.2 Å². The van der Waals surface area contributed by atoms with E-state index in [1.54, 1.807) is 24.3 Å². The quantitative estimate of drug-likeness (QED) is 0.487. The Labute approximate surface area is 155 Å². The van der Waals surface area contributed by atoms with Gasteiger partial charge in [0.25, 0.3) is 11.8 Å². The summed E-state index contributed by atoms with van der Waals surface area (Å²) in [6.07, 6.45) is 6.01. The van der Waals surface area contributed by atoms with Gasteiger partial charge in [0.2, 0.25) is 5.91 Å². The number of aldehydes is 1. The molecule has 0 atom stereocenters. The van der Waals surface area contributed by atoms with Crippen LogP contribution in [0.3, 0.4) is 0 Å². The third-order valence-corrected chi connectivity index (χ3v) is 3.96. The Morgan fingerprint density at radius 3 is 2.00 bits per heavy atom. The summed E-state index contributed by atoms with van der Waals surface area (Å²) in [6.45, 7) is 0. The minimum atomic E-state index is -0.370. The standard InChI is InChI=1S/C21H16N2O4/c24-13-1-2-19(25)22-17-7-3-15(4-8-17)14-16-5-9-18(10-6-16)23-20(26)11-12-21(23)27/h1-13H,14H2,(H,22,25)/b2-1-. The molecule has 1 aliphatic rings.